The lowest BCUT2D eigenvalue weighted by Gasteiger charge is -2.10. The molecule has 31 heavy (non-hydrogen) atoms. The van der Waals surface area contributed by atoms with E-state index in [-0.39, 0.29) is 11.5 Å². The van der Waals surface area contributed by atoms with Crippen LogP contribution < -0.4 is 18.9 Å². The van der Waals surface area contributed by atoms with Crippen LogP contribution in [0.5, 0.6) is 23.0 Å². The maximum Gasteiger partial charge on any atom is 0.343 e. The number of carbonyl (C=O) groups excluding carboxylic acids is 2. The number of esters is 1. The zero-order valence-corrected chi connectivity index (χ0v) is 17.2. The molecular weight excluding hydrogens is 398 g/mol. The van der Waals surface area contributed by atoms with Crippen molar-refractivity contribution in [1.29, 1.82) is 0 Å². The summed E-state index contributed by atoms with van der Waals surface area (Å²) in [5.74, 6) is 1.23. The Balaban J connectivity index is 1.63. The number of carbonyl (C=O) groups is 2. The minimum Gasteiger partial charge on any atom is -0.497 e. The molecule has 4 rings (SSSR count). The Morgan fingerprint density at radius 3 is 2.48 bits per heavy atom. The van der Waals surface area contributed by atoms with Crippen LogP contribution in [0.3, 0.4) is 0 Å². The van der Waals surface area contributed by atoms with Crippen molar-refractivity contribution in [3.8, 4) is 23.0 Å². The molecule has 156 valence electrons. The van der Waals surface area contributed by atoms with Crippen LogP contribution in [0.15, 0.2) is 60.6 Å². The fourth-order valence-corrected chi connectivity index (χ4v) is 3.20. The maximum atomic E-state index is 12.9. The van der Waals surface area contributed by atoms with Crippen LogP contribution in [-0.4, -0.2) is 31.0 Å². The highest BCUT2D eigenvalue weighted by molar-refractivity contribution is 6.15. The topological polar surface area (TPSA) is 84.0 Å². The number of rotatable bonds is 5. The number of nitrogens with zero attached hydrogens (tertiary/aromatic N) is 1. The smallest absolute Gasteiger partial charge is 0.343 e. The van der Waals surface area contributed by atoms with E-state index in [0.29, 0.717) is 45.3 Å². The largest absolute Gasteiger partial charge is 0.497 e. The predicted molar refractivity (Wildman–Crippen MR) is 113 cm³/mol. The zero-order chi connectivity index (χ0) is 22.0. The van der Waals surface area contributed by atoms with Crippen molar-refractivity contribution in [2.75, 3.05) is 14.2 Å². The number of Topliss-reactive ketones (excluding diaryl/α,β-unsaturated/α-hetero) is 1. The standard InChI is InChI=1S/C24H19NO6/c1-14-19(31-24(27)15-8-10-25-11-9-15)7-6-18-22(26)21(30-23(14)18)12-16-4-5-17(28-2)13-20(16)29-3/h4-13H,1-3H3/b21-12-. The molecule has 0 saturated carbocycles. The van der Waals surface area contributed by atoms with Crippen molar-refractivity contribution in [1.82, 2.24) is 4.98 Å². The lowest BCUT2D eigenvalue weighted by atomic mass is 10.1. The minimum absolute atomic E-state index is 0.152. The van der Waals surface area contributed by atoms with E-state index in [1.807, 2.05) is 0 Å². The molecule has 1 aliphatic rings. The van der Waals surface area contributed by atoms with E-state index < -0.39 is 5.97 Å². The van der Waals surface area contributed by atoms with Gasteiger partial charge in [-0.3, -0.25) is 9.78 Å². The van der Waals surface area contributed by atoms with Gasteiger partial charge >= 0.3 is 5.97 Å². The highest BCUT2D eigenvalue weighted by Gasteiger charge is 2.31. The minimum atomic E-state index is -0.520. The molecule has 1 aromatic heterocycles. The lowest BCUT2D eigenvalue weighted by molar-refractivity contribution is 0.0733. The Kier molecular flexibility index (Phi) is 5.41. The van der Waals surface area contributed by atoms with Crippen molar-refractivity contribution >= 4 is 17.8 Å². The van der Waals surface area contributed by atoms with E-state index in [9.17, 15) is 9.59 Å². The van der Waals surface area contributed by atoms with Crippen molar-refractivity contribution in [2.24, 2.45) is 0 Å². The number of aromatic nitrogens is 1. The molecule has 0 fully saturated rings. The molecule has 2 heterocycles. The van der Waals surface area contributed by atoms with Crippen LogP contribution in [0.1, 0.15) is 31.8 Å². The number of ketones is 1. The summed E-state index contributed by atoms with van der Waals surface area (Å²) in [6, 6.07) is 11.6. The van der Waals surface area contributed by atoms with E-state index in [0.717, 1.165) is 0 Å². The third kappa shape index (κ3) is 3.85. The number of benzene rings is 2. The second-order valence-corrected chi connectivity index (χ2v) is 6.74. The van der Waals surface area contributed by atoms with Crippen LogP contribution in [-0.2, 0) is 0 Å². The number of hydrogen-bond acceptors (Lipinski definition) is 7. The summed E-state index contributed by atoms with van der Waals surface area (Å²) >= 11 is 0. The Hall–Kier alpha value is -4.13. The number of ether oxygens (including phenoxy) is 4. The summed E-state index contributed by atoms with van der Waals surface area (Å²) in [7, 11) is 3.10. The lowest BCUT2D eigenvalue weighted by Crippen LogP contribution is -2.09. The third-order valence-corrected chi connectivity index (χ3v) is 4.88. The first-order valence-corrected chi connectivity index (χ1v) is 9.44. The Bertz CT molecular complexity index is 1200. The van der Waals surface area contributed by atoms with Gasteiger partial charge in [-0.25, -0.2) is 4.79 Å². The molecule has 0 bridgehead atoms. The van der Waals surface area contributed by atoms with Gasteiger partial charge in [0.25, 0.3) is 0 Å². The molecule has 7 heteroatoms. The van der Waals surface area contributed by atoms with Gasteiger partial charge in [-0.1, -0.05) is 0 Å². The van der Waals surface area contributed by atoms with Gasteiger partial charge in [0, 0.05) is 29.6 Å². The van der Waals surface area contributed by atoms with Crippen molar-refractivity contribution in [2.45, 2.75) is 6.92 Å². The molecule has 1 aliphatic heterocycles. The molecule has 2 aromatic carbocycles. The van der Waals surface area contributed by atoms with Crippen molar-refractivity contribution in [3.05, 3.63) is 82.9 Å². The van der Waals surface area contributed by atoms with E-state index in [1.165, 1.54) is 19.5 Å². The van der Waals surface area contributed by atoms with E-state index in [1.54, 1.807) is 62.6 Å². The molecule has 7 nitrogen and oxygen atoms in total. The number of fused-ring (bicyclic) bond motifs is 1. The molecule has 0 radical (unpaired) electrons. The average Bonchev–Trinajstić information content (AvgIpc) is 3.12. The van der Waals surface area contributed by atoms with E-state index >= 15 is 0 Å². The fraction of sp³-hybridized carbons (Fsp3) is 0.125. The summed E-state index contributed by atoms with van der Waals surface area (Å²) in [6.07, 6.45) is 4.64. The second kappa shape index (κ2) is 8.31. The molecule has 3 aromatic rings. The van der Waals surface area contributed by atoms with Crippen LogP contribution in [0.25, 0.3) is 6.08 Å². The quantitative estimate of drug-likeness (QED) is 0.349. The van der Waals surface area contributed by atoms with E-state index in [4.69, 9.17) is 18.9 Å². The van der Waals surface area contributed by atoms with Crippen molar-refractivity contribution < 1.29 is 28.5 Å². The third-order valence-electron chi connectivity index (χ3n) is 4.88. The molecule has 0 N–H and O–H groups in total. The molecule has 0 spiro atoms. The molecule has 0 atom stereocenters. The first kappa shape index (κ1) is 20.2. The highest BCUT2D eigenvalue weighted by atomic mass is 16.5. The molecule has 0 saturated heterocycles. The average molecular weight is 417 g/mol. The summed E-state index contributed by atoms with van der Waals surface area (Å²) in [4.78, 5) is 29.1. The van der Waals surface area contributed by atoms with Crippen LogP contribution >= 0.6 is 0 Å². The van der Waals surface area contributed by atoms with E-state index in [2.05, 4.69) is 4.98 Å². The fourth-order valence-electron chi connectivity index (χ4n) is 3.20. The summed E-state index contributed by atoms with van der Waals surface area (Å²) in [5.41, 5.74) is 2.00. The summed E-state index contributed by atoms with van der Waals surface area (Å²) in [6.45, 7) is 1.73. The SMILES string of the molecule is COc1ccc(/C=C2\Oc3c(ccc(OC(=O)c4ccncc4)c3C)C2=O)c(OC)c1. The normalized spacial score (nSPS) is 13.5. The van der Waals surface area contributed by atoms with Gasteiger partial charge in [-0.2, -0.15) is 0 Å². The predicted octanol–water partition coefficient (Wildman–Crippen LogP) is 4.24. The number of methoxy groups -OCH3 is 2. The molecule has 0 amide bonds. The summed E-state index contributed by atoms with van der Waals surface area (Å²) < 4.78 is 21.9. The maximum absolute atomic E-state index is 12.9. The van der Waals surface area contributed by atoms with Gasteiger partial charge in [0.2, 0.25) is 5.78 Å². The van der Waals surface area contributed by atoms with Gasteiger partial charge in [-0.15, -0.1) is 0 Å². The number of pyridine rings is 1. The second-order valence-electron chi connectivity index (χ2n) is 6.74. The number of allylic oxidation sites excluding steroid dienone is 1. The van der Waals surface area contributed by atoms with Gasteiger partial charge in [-0.05, 0) is 49.4 Å². The molecule has 0 aliphatic carbocycles. The van der Waals surface area contributed by atoms with Crippen molar-refractivity contribution in [3.63, 3.8) is 0 Å². The first-order valence-electron chi connectivity index (χ1n) is 9.44. The first-order chi connectivity index (χ1) is 15.0. The highest BCUT2D eigenvalue weighted by Crippen LogP contribution is 2.40. The van der Waals surface area contributed by atoms with Gasteiger partial charge < -0.3 is 18.9 Å². The Morgan fingerprint density at radius 1 is 1.00 bits per heavy atom. The monoisotopic (exact) mass is 417 g/mol. The van der Waals surface area contributed by atoms with Crippen LogP contribution in [0, 0.1) is 6.92 Å². The van der Waals surface area contributed by atoms with Crippen LogP contribution in [0.2, 0.25) is 0 Å². The van der Waals surface area contributed by atoms with Gasteiger partial charge in [0.05, 0.1) is 25.3 Å². The van der Waals surface area contributed by atoms with Crippen LogP contribution in [0.4, 0.5) is 0 Å². The summed E-state index contributed by atoms with van der Waals surface area (Å²) in [5, 5.41) is 0. The van der Waals surface area contributed by atoms with Gasteiger partial charge in [0.15, 0.2) is 5.76 Å². The number of hydrogen-bond donors (Lipinski definition) is 0. The Morgan fingerprint density at radius 2 is 1.77 bits per heavy atom. The molecular formula is C24H19NO6. The molecule has 0 unspecified atom stereocenters. The van der Waals surface area contributed by atoms with Gasteiger partial charge in [0.1, 0.15) is 23.0 Å². The zero-order valence-electron chi connectivity index (χ0n) is 17.2. The Labute approximate surface area is 178 Å².